The lowest BCUT2D eigenvalue weighted by Crippen LogP contribution is -2.46. The molecule has 0 saturated carbocycles. The standard InChI is InChI=1S/C13H18F3NO2/c14-13(15,16)12(19)6-3-8-17(9-7-12)11(18)10-4-1-2-5-10/h1-2,10,19H,3-9H2. The maximum absolute atomic E-state index is 12.8. The Morgan fingerprint density at radius 1 is 1.21 bits per heavy atom. The van der Waals surface area contributed by atoms with Gasteiger partial charge in [-0.3, -0.25) is 4.79 Å². The van der Waals surface area contributed by atoms with Crippen molar-refractivity contribution in [2.75, 3.05) is 13.1 Å². The highest BCUT2D eigenvalue weighted by atomic mass is 19.4. The number of alkyl halides is 3. The summed E-state index contributed by atoms with van der Waals surface area (Å²) in [4.78, 5) is 13.6. The third-order valence-electron chi connectivity index (χ3n) is 4.01. The molecule has 1 aliphatic carbocycles. The number of carbonyl (C=O) groups excluding carboxylic acids is 1. The summed E-state index contributed by atoms with van der Waals surface area (Å²) in [5.41, 5.74) is -2.64. The Labute approximate surface area is 110 Å². The zero-order valence-corrected chi connectivity index (χ0v) is 10.6. The van der Waals surface area contributed by atoms with Gasteiger partial charge in [-0.25, -0.2) is 0 Å². The molecule has 0 bridgehead atoms. The SMILES string of the molecule is O=C(C1CC=CC1)N1CCCC(O)(C(F)(F)F)CC1. The van der Waals surface area contributed by atoms with Crippen LogP contribution in [0.15, 0.2) is 12.2 Å². The van der Waals surface area contributed by atoms with Crippen molar-refractivity contribution < 1.29 is 23.1 Å². The molecule has 19 heavy (non-hydrogen) atoms. The van der Waals surface area contributed by atoms with Crippen molar-refractivity contribution in [2.24, 2.45) is 5.92 Å². The molecule has 0 aromatic heterocycles. The van der Waals surface area contributed by atoms with Crippen LogP contribution in [0.5, 0.6) is 0 Å². The average Bonchev–Trinajstić information content (AvgIpc) is 2.77. The van der Waals surface area contributed by atoms with Crippen molar-refractivity contribution in [1.82, 2.24) is 4.90 Å². The Morgan fingerprint density at radius 3 is 2.42 bits per heavy atom. The maximum Gasteiger partial charge on any atom is 0.417 e. The van der Waals surface area contributed by atoms with Crippen LogP contribution in [0, 0.1) is 5.92 Å². The molecule has 1 amide bonds. The summed E-state index contributed by atoms with van der Waals surface area (Å²) >= 11 is 0. The van der Waals surface area contributed by atoms with Crippen molar-refractivity contribution >= 4 is 5.91 Å². The predicted molar refractivity (Wildman–Crippen MR) is 63.3 cm³/mol. The molecule has 1 atom stereocenters. The molecule has 0 aromatic carbocycles. The van der Waals surface area contributed by atoms with Crippen LogP contribution < -0.4 is 0 Å². The number of rotatable bonds is 1. The van der Waals surface area contributed by atoms with Gasteiger partial charge in [-0.05, 0) is 25.7 Å². The molecule has 1 unspecified atom stereocenters. The van der Waals surface area contributed by atoms with Crippen molar-refractivity contribution in [3.63, 3.8) is 0 Å². The summed E-state index contributed by atoms with van der Waals surface area (Å²) in [7, 11) is 0. The summed E-state index contributed by atoms with van der Waals surface area (Å²) in [6.45, 7) is 0.277. The summed E-state index contributed by atoms with van der Waals surface area (Å²) in [6, 6.07) is 0. The Morgan fingerprint density at radius 2 is 1.84 bits per heavy atom. The first kappa shape index (κ1) is 14.4. The van der Waals surface area contributed by atoms with E-state index in [2.05, 4.69) is 0 Å². The molecule has 0 aromatic rings. The minimum atomic E-state index is -4.62. The second-order valence-corrected chi connectivity index (χ2v) is 5.35. The fourth-order valence-corrected chi connectivity index (χ4v) is 2.70. The maximum atomic E-state index is 12.8. The van der Waals surface area contributed by atoms with Crippen LogP contribution in [-0.2, 0) is 4.79 Å². The van der Waals surface area contributed by atoms with E-state index in [-0.39, 0.29) is 31.2 Å². The molecule has 1 aliphatic heterocycles. The third kappa shape index (κ3) is 2.94. The predicted octanol–water partition coefficient (Wildman–Crippen LogP) is 2.26. The first-order valence-corrected chi connectivity index (χ1v) is 6.56. The van der Waals surface area contributed by atoms with Gasteiger partial charge < -0.3 is 10.0 Å². The molecule has 1 saturated heterocycles. The molecule has 1 heterocycles. The number of allylic oxidation sites excluding steroid dienone is 2. The van der Waals surface area contributed by atoms with Gasteiger partial charge in [0.15, 0.2) is 5.60 Å². The van der Waals surface area contributed by atoms with Crippen LogP contribution in [0.2, 0.25) is 0 Å². The van der Waals surface area contributed by atoms with Crippen molar-refractivity contribution in [3.8, 4) is 0 Å². The molecule has 2 aliphatic rings. The van der Waals surface area contributed by atoms with E-state index in [1.54, 1.807) is 0 Å². The van der Waals surface area contributed by atoms with Crippen molar-refractivity contribution in [2.45, 2.75) is 43.9 Å². The number of nitrogens with zero attached hydrogens (tertiary/aromatic N) is 1. The summed E-state index contributed by atoms with van der Waals surface area (Å²) in [5.74, 6) is -0.214. The lowest BCUT2D eigenvalue weighted by atomic mass is 9.94. The van der Waals surface area contributed by atoms with E-state index in [1.165, 1.54) is 4.90 Å². The largest absolute Gasteiger partial charge is 0.417 e. The summed E-state index contributed by atoms with van der Waals surface area (Å²) < 4.78 is 38.3. The molecular weight excluding hydrogens is 259 g/mol. The van der Waals surface area contributed by atoms with Crippen LogP contribution in [0.25, 0.3) is 0 Å². The number of carbonyl (C=O) groups is 1. The quantitative estimate of drug-likeness (QED) is 0.747. The van der Waals surface area contributed by atoms with E-state index in [9.17, 15) is 23.1 Å². The van der Waals surface area contributed by atoms with E-state index < -0.39 is 18.2 Å². The van der Waals surface area contributed by atoms with E-state index >= 15 is 0 Å². The lowest BCUT2D eigenvalue weighted by Gasteiger charge is -2.29. The molecule has 1 fully saturated rings. The highest BCUT2D eigenvalue weighted by Crippen LogP contribution is 2.38. The van der Waals surface area contributed by atoms with E-state index in [0.29, 0.717) is 19.4 Å². The third-order valence-corrected chi connectivity index (χ3v) is 4.01. The normalized spacial score (nSPS) is 29.6. The van der Waals surface area contributed by atoms with Crippen LogP contribution in [0.1, 0.15) is 32.1 Å². The van der Waals surface area contributed by atoms with Gasteiger partial charge >= 0.3 is 6.18 Å². The molecule has 0 spiro atoms. The Hall–Kier alpha value is -1.04. The van der Waals surface area contributed by atoms with Crippen LogP contribution in [0.3, 0.4) is 0 Å². The van der Waals surface area contributed by atoms with E-state index in [4.69, 9.17) is 0 Å². The lowest BCUT2D eigenvalue weighted by molar-refractivity contribution is -0.263. The number of aliphatic hydroxyl groups is 1. The summed E-state index contributed by atoms with van der Waals surface area (Å²) in [5, 5.41) is 9.68. The Kier molecular flexibility index (Phi) is 3.90. The fourth-order valence-electron chi connectivity index (χ4n) is 2.70. The minimum Gasteiger partial charge on any atom is -0.380 e. The highest BCUT2D eigenvalue weighted by molar-refractivity contribution is 5.79. The van der Waals surface area contributed by atoms with E-state index in [0.717, 1.165) is 0 Å². The van der Waals surface area contributed by atoms with Gasteiger partial charge in [-0.1, -0.05) is 12.2 Å². The van der Waals surface area contributed by atoms with Crippen molar-refractivity contribution in [1.29, 1.82) is 0 Å². The average molecular weight is 277 g/mol. The molecule has 3 nitrogen and oxygen atoms in total. The molecule has 6 heteroatoms. The number of likely N-dealkylation sites (tertiary alicyclic amines) is 1. The van der Waals surface area contributed by atoms with Gasteiger partial charge in [0.05, 0.1) is 0 Å². The number of hydrogen-bond donors (Lipinski definition) is 1. The van der Waals surface area contributed by atoms with Crippen LogP contribution >= 0.6 is 0 Å². The van der Waals surface area contributed by atoms with Crippen LogP contribution in [0.4, 0.5) is 13.2 Å². The van der Waals surface area contributed by atoms with Gasteiger partial charge in [-0.15, -0.1) is 0 Å². The van der Waals surface area contributed by atoms with E-state index in [1.807, 2.05) is 12.2 Å². The number of amides is 1. The van der Waals surface area contributed by atoms with Crippen LogP contribution in [-0.4, -0.2) is 40.8 Å². The Bertz CT molecular complexity index is 373. The number of halogens is 3. The van der Waals surface area contributed by atoms with Gasteiger partial charge in [0.1, 0.15) is 0 Å². The molecular formula is C13H18F3NO2. The fraction of sp³-hybridized carbons (Fsp3) is 0.769. The first-order chi connectivity index (χ1) is 8.83. The second kappa shape index (κ2) is 5.15. The molecule has 0 radical (unpaired) electrons. The monoisotopic (exact) mass is 277 g/mol. The van der Waals surface area contributed by atoms with Gasteiger partial charge in [-0.2, -0.15) is 13.2 Å². The summed E-state index contributed by atoms with van der Waals surface area (Å²) in [6.07, 6.45) is -0.0227. The zero-order valence-electron chi connectivity index (χ0n) is 10.6. The molecule has 2 rings (SSSR count). The van der Waals surface area contributed by atoms with Gasteiger partial charge in [0, 0.05) is 25.4 Å². The molecule has 108 valence electrons. The van der Waals surface area contributed by atoms with Crippen molar-refractivity contribution in [3.05, 3.63) is 12.2 Å². The smallest absolute Gasteiger partial charge is 0.380 e. The molecule has 1 N–H and O–H groups in total. The van der Waals surface area contributed by atoms with Gasteiger partial charge in [0.2, 0.25) is 5.91 Å². The van der Waals surface area contributed by atoms with Gasteiger partial charge in [0.25, 0.3) is 0 Å². The number of hydrogen-bond acceptors (Lipinski definition) is 2. The topological polar surface area (TPSA) is 40.5 Å². The minimum absolute atomic E-state index is 0.0225. The zero-order chi connectivity index (χ0) is 14.1. The first-order valence-electron chi connectivity index (χ1n) is 6.56. The highest BCUT2D eigenvalue weighted by Gasteiger charge is 2.53. The second-order valence-electron chi connectivity index (χ2n) is 5.35. The Balaban J connectivity index is 1.98.